The quantitative estimate of drug-likeness (QED) is 0.727. The molecule has 0 radical (unpaired) electrons. The predicted octanol–water partition coefficient (Wildman–Crippen LogP) is 0.716. The Kier molecular flexibility index (Phi) is 6.45. The number of aliphatic hydroxyl groups excluding tert-OH is 1. The van der Waals surface area contributed by atoms with Crippen molar-refractivity contribution in [2.75, 3.05) is 47.4 Å². The Morgan fingerprint density at radius 2 is 1.74 bits per heavy atom. The third kappa shape index (κ3) is 5.28. The molecule has 1 atom stereocenters. The summed E-state index contributed by atoms with van der Waals surface area (Å²) in [5, 5.41) is 9.64. The lowest BCUT2D eigenvalue weighted by molar-refractivity contribution is 0.148. The van der Waals surface area contributed by atoms with Crippen molar-refractivity contribution in [3.8, 4) is 0 Å². The van der Waals surface area contributed by atoms with Crippen LogP contribution in [0.3, 0.4) is 0 Å². The molecule has 0 saturated heterocycles. The fraction of sp³-hybridized carbons (Fsp3) is 0.600. The molecule has 0 heterocycles. The molecule has 1 aromatic carbocycles. The van der Waals surface area contributed by atoms with E-state index in [0.29, 0.717) is 6.54 Å². The number of hydrogen-bond acceptors (Lipinski definition) is 4. The van der Waals surface area contributed by atoms with Gasteiger partial charge >= 0.3 is 0 Å². The first-order chi connectivity index (χ1) is 8.98. The first kappa shape index (κ1) is 16.1. The topological polar surface area (TPSA) is 52.7 Å². The van der Waals surface area contributed by atoms with Gasteiger partial charge in [-0.1, -0.05) is 30.3 Å². The SMILES string of the molecule is CN(C)CCCN(C)CC(N)(CO)c1ccccc1. The summed E-state index contributed by atoms with van der Waals surface area (Å²) in [6.07, 6.45) is 1.10. The van der Waals surface area contributed by atoms with Crippen molar-refractivity contribution in [3.05, 3.63) is 35.9 Å². The van der Waals surface area contributed by atoms with Crippen molar-refractivity contribution in [3.63, 3.8) is 0 Å². The molecule has 1 aromatic rings. The van der Waals surface area contributed by atoms with E-state index >= 15 is 0 Å². The molecule has 0 aliphatic carbocycles. The summed E-state index contributed by atoms with van der Waals surface area (Å²) >= 11 is 0. The summed E-state index contributed by atoms with van der Waals surface area (Å²) in [6.45, 7) is 2.65. The van der Waals surface area contributed by atoms with Gasteiger partial charge in [0.2, 0.25) is 0 Å². The van der Waals surface area contributed by atoms with Crippen LogP contribution in [0.5, 0.6) is 0 Å². The van der Waals surface area contributed by atoms with Crippen LogP contribution in [0.2, 0.25) is 0 Å². The van der Waals surface area contributed by atoms with Gasteiger partial charge in [0.25, 0.3) is 0 Å². The molecule has 1 rings (SSSR count). The van der Waals surface area contributed by atoms with Crippen LogP contribution in [0.25, 0.3) is 0 Å². The fourth-order valence-corrected chi connectivity index (χ4v) is 2.22. The number of aliphatic hydroxyl groups is 1. The molecular formula is C15H27N3O. The Morgan fingerprint density at radius 1 is 1.11 bits per heavy atom. The second kappa shape index (κ2) is 7.60. The average molecular weight is 265 g/mol. The highest BCUT2D eigenvalue weighted by Crippen LogP contribution is 2.18. The minimum absolute atomic E-state index is 0.0466. The van der Waals surface area contributed by atoms with Gasteiger partial charge < -0.3 is 20.6 Å². The summed E-state index contributed by atoms with van der Waals surface area (Å²) in [5.74, 6) is 0. The third-order valence-electron chi connectivity index (χ3n) is 3.33. The number of hydrogen-bond donors (Lipinski definition) is 2. The summed E-state index contributed by atoms with van der Waals surface area (Å²) < 4.78 is 0. The number of rotatable bonds is 8. The molecule has 0 bridgehead atoms. The monoisotopic (exact) mass is 265 g/mol. The number of likely N-dealkylation sites (N-methyl/N-ethyl adjacent to an activating group) is 1. The first-order valence-electron chi connectivity index (χ1n) is 6.76. The van der Waals surface area contributed by atoms with Crippen LogP contribution in [0.4, 0.5) is 0 Å². The summed E-state index contributed by atoms with van der Waals surface area (Å²) in [4.78, 5) is 4.36. The van der Waals surface area contributed by atoms with Gasteiger partial charge in [0.1, 0.15) is 0 Å². The summed E-state index contributed by atoms with van der Waals surface area (Å²) in [5.41, 5.74) is 6.65. The van der Waals surface area contributed by atoms with Crippen molar-refractivity contribution in [2.45, 2.75) is 12.0 Å². The molecule has 3 N–H and O–H groups in total. The van der Waals surface area contributed by atoms with Crippen molar-refractivity contribution in [1.29, 1.82) is 0 Å². The maximum Gasteiger partial charge on any atom is 0.0772 e. The zero-order chi connectivity index (χ0) is 14.3. The van der Waals surface area contributed by atoms with Crippen molar-refractivity contribution in [2.24, 2.45) is 5.73 Å². The van der Waals surface area contributed by atoms with Gasteiger partial charge in [0, 0.05) is 6.54 Å². The van der Waals surface area contributed by atoms with Crippen LogP contribution in [0.15, 0.2) is 30.3 Å². The van der Waals surface area contributed by atoms with E-state index in [-0.39, 0.29) is 6.61 Å². The molecule has 0 aromatic heterocycles. The maximum absolute atomic E-state index is 9.64. The Morgan fingerprint density at radius 3 is 2.26 bits per heavy atom. The predicted molar refractivity (Wildman–Crippen MR) is 80.1 cm³/mol. The molecule has 0 aliphatic heterocycles. The summed E-state index contributed by atoms with van der Waals surface area (Å²) in [6, 6.07) is 9.83. The normalized spacial score (nSPS) is 14.9. The Hall–Kier alpha value is -0.940. The lowest BCUT2D eigenvalue weighted by atomic mass is 9.91. The van der Waals surface area contributed by atoms with Gasteiger partial charge in [0.05, 0.1) is 12.1 Å². The average Bonchev–Trinajstić information content (AvgIpc) is 2.39. The van der Waals surface area contributed by atoms with Crippen molar-refractivity contribution < 1.29 is 5.11 Å². The van der Waals surface area contributed by atoms with E-state index in [1.165, 1.54) is 0 Å². The van der Waals surface area contributed by atoms with Crippen molar-refractivity contribution in [1.82, 2.24) is 9.80 Å². The van der Waals surface area contributed by atoms with Crippen molar-refractivity contribution >= 4 is 0 Å². The van der Waals surface area contributed by atoms with E-state index in [2.05, 4.69) is 30.9 Å². The van der Waals surface area contributed by atoms with E-state index in [9.17, 15) is 5.11 Å². The van der Waals surface area contributed by atoms with E-state index in [1.54, 1.807) is 0 Å². The largest absolute Gasteiger partial charge is 0.394 e. The number of nitrogens with zero attached hydrogens (tertiary/aromatic N) is 2. The minimum Gasteiger partial charge on any atom is -0.394 e. The minimum atomic E-state index is -0.686. The molecule has 108 valence electrons. The number of nitrogens with two attached hydrogens (primary N) is 1. The zero-order valence-corrected chi connectivity index (χ0v) is 12.3. The number of benzene rings is 1. The highest BCUT2D eigenvalue weighted by atomic mass is 16.3. The molecule has 0 amide bonds. The maximum atomic E-state index is 9.64. The van der Waals surface area contributed by atoms with Crippen LogP contribution in [-0.4, -0.2) is 62.3 Å². The van der Waals surface area contributed by atoms with Gasteiger partial charge in [-0.3, -0.25) is 0 Å². The highest BCUT2D eigenvalue weighted by Gasteiger charge is 2.27. The fourth-order valence-electron chi connectivity index (χ4n) is 2.22. The third-order valence-corrected chi connectivity index (χ3v) is 3.33. The molecule has 0 fully saturated rings. The molecule has 4 nitrogen and oxygen atoms in total. The van der Waals surface area contributed by atoms with Crippen LogP contribution >= 0.6 is 0 Å². The van der Waals surface area contributed by atoms with Crippen LogP contribution in [-0.2, 0) is 5.54 Å². The van der Waals surface area contributed by atoms with Crippen LogP contribution in [0.1, 0.15) is 12.0 Å². The molecule has 19 heavy (non-hydrogen) atoms. The Bertz CT molecular complexity index is 356. The Balaban J connectivity index is 2.56. The highest BCUT2D eigenvalue weighted by molar-refractivity contribution is 5.24. The molecule has 1 unspecified atom stereocenters. The van der Waals surface area contributed by atoms with Crippen LogP contribution in [0, 0.1) is 0 Å². The molecule has 0 saturated carbocycles. The molecule has 0 spiro atoms. The standard InChI is InChI=1S/C15H27N3O/c1-17(2)10-7-11-18(3)12-15(16,13-19)14-8-5-4-6-9-14/h4-6,8-9,19H,7,10-13,16H2,1-3H3. The lowest BCUT2D eigenvalue weighted by Gasteiger charge is -2.32. The molecule has 0 aliphatic rings. The van der Waals surface area contributed by atoms with Crippen LogP contribution < -0.4 is 5.73 Å². The smallest absolute Gasteiger partial charge is 0.0772 e. The van der Waals surface area contributed by atoms with Gasteiger partial charge in [-0.15, -0.1) is 0 Å². The van der Waals surface area contributed by atoms with E-state index in [0.717, 1.165) is 25.1 Å². The Labute approximate surface area is 116 Å². The zero-order valence-electron chi connectivity index (χ0n) is 12.3. The van der Waals surface area contributed by atoms with E-state index in [4.69, 9.17) is 5.73 Å². The lowest BCUT2D eigenvalue weighted by Crippen LogP contribution is -2.49. The van der Waals surface area contributed by atoms with Gasteiger partial charge in [0.15, 0.2) is 0 Å². The molecular weight excluding hydrogens is 238 g/mol. The van der Waals surface area contributed by atoms with E-state index < -0.39 is 5.54 Å². The second-order valence-electron chi connectivity index (χ2n) is 5.57. The van der Waals surface area contributed by atoms with Gasteiger partial charge in [-0.05, 0) is 46.2 Å². The summed E-state index contributed by atoms with van der Waals surface area (Å²) in [7, 11) is 6.20. The molecule has 4 heteroatoms. The first-order valence-corrected chi connectivity index (χ1v) is 6.76. The van der Waals surface area contributed by atoms with E-state index in [1.807, 2.05) is 30.3 Å². The van der Waals surface area contributed by atoms with Gasteiger partial charge in [-0.2, -0.15) is 0 Å². The van der Waals surface area contributed by atoms with Gasteiger partial charge in [-0.25, -0.2) is 0 Å². The second-order valence-corrected chi connectivity index (χ2v) is 5.57.